The van der Waals surface area contributed by atoms with Crippen LogP contribution in [0.2, 0.25) is 0 Å². The number of hydrogen-bond acceptors (Lipinski definition) is 6. The van der Waals surface area contributed by atoms with Crippen molar-refractivity contribution in [1.29, 1.82) is 0 Å². The van der Waals surface area contributed by atoms with Crippen LogP contribution in [-0.4, -0.2) is 32.5 Å². The molecule has 3 N–H and O–H groups in total. The molecule has 1 fully saturated rings. The van der Waals surface area contributed by atoms with Gasteiger partial charge in [0.2, 0.25) is 10.0 Å². The molecule has 0 bridgehead atoms. The minimum absolute atomic E-state index is 0. The lowest BCUT2D eigenvalue weighted by Crippen LogP contribution is -2.54. The second-order valence-corrected chi connectivity index (χ2v) is 6.87. The van der Waals surface area contributed by atoms with Crippen molar-refractivity contribution in [3.05, 3.63) is 28.3 Å². The third-order valence-electron chi connectivity index (χ3n) is 3.61. The Balaban J connectivity index is 0.00000242. The van der Waals surface area contributed by atoms with E-state index in [-0.39, 0.29) is 35.3 Å². The molecule has 22 heavy (non-hydrogen) atoms. The summed E-state index contributed by atoms with van der Waals surface area (Å²) in [5, 5.41) is 10.7. The first-order valence-electron chi connectivity index (χ1n) is 6.38. The van der Waals surface area contributed by atoms with E-state index in [2.05, 4.69) is 4.72 Å². The fraction of sp³-hybridized carbons (Fsp3) is 0.500. The number of nitrogens with zero attached hydrogens (tertiary/aromatic N) is 1. The van der Waals surface area contributed by atoms with E-state index in [9.17, 15) is 18.5 Å². The van der Waals surface area contributed by atoms with Crippen molar-refractivity contribution in [2.75, 3.05) is 13.7 Å². The first-order valence-corrected chi connectivity index (χ1v) is 7.87. The van der Waals surface area contributed by atoms with Gasteiger partial charge in [-0.1, -0.05) is 0 Å². The zero-order chi connectivity index (χ0) is 15.7. The number of nitrogens with one attached hydrogen (secondary N) is 1. The molecule has 1 aromatic rings. The highest BCUT2D eigenvalue weighted by molar-refractivity contribution is 7.89. The van der Waals surface area contributed by atoms with E-state index < -0.39 is 20.5 Å². The predicted octanol–water partition coefficient (Wildman–Crippen LogP) is 1.18. The van der Waals surface area contributed by atoms with Crippen LogP contribution in [0, 0.1) is 10.1 Å². The maximum Gasteiger partial charge on any atom is 0.273 e. The van der Waals surface area contributed by atoms with Gasteiger partial charge in [0.25, 0.3) is 5.69 Å². The minimum Gasteiger partial charge on any atom is -0.495 e. The van der Waals surface area contributed by atoms with E-state index in [0.29, 0.717) is 0 Å². The second-order valence-electron chi connectivity index (χ2n) is 5.13. The van der Waals surface area contributed by atoms with Crippen LogP contribution >= 0.6 is 12.4 Å². The smallest absolute Gasteiger partial charge is 0.273 e. The van der Waals surface area contributed by atoms with Gasteiger partial charge in [-0.25, -0.2) is 13.1 Å². The predicted molar refractivity (Wildman–Crippen MR) is 82.9 cm³/mol. The molecule has 0 spiro atoms. The lowest BCUT2D eigenvalue weighted by atomic mass is 9.78. The Bertz CT molecular complexity index is 661. The molecular weight excluding hydrogens is 334 g/mol. The number of methoxy groups -OCH3 is 1. The van der Waals surface area contributed by atoms with Gasteiger partial charge >= 0.3 is 0 Å². The standard InChI is InChI=1S/C12H17N3O5S.ClH/c1-20-10-7-9(15(16)17)3-4-11(10)21(18,19)14-8-12(13)5-2-6-12;/h3-4,7,14H,2,5-6,8,13H2,1H3;1H. The number of rotatable bonds is 6. The molecule has 1 saturated carbocycles. The van der Waals surface area contributed by atoms with Crippen molar-refractivity contribution in [3.63, 3.8) is 0 Å². The number of nitro benzene ring substituents is 1. The third kappa shape index (κ3) is 3.86. The Morgan fingerprint density at radius 1 is 1.45 bits per heavy atom. The van der Waals surface area contributed by atoms with Crippen molar-refractivity contribution >= 4 is 28.1 Å². The molecule has 0 aromatic heterocycles. The van der Waals surface area contributed by atoms with Crippen LogP contribution < -0.4 is 15.2 Å². The molecule has 0 aliphatic heterocycles. The fourth-order valence-electron chi connectivity index (χ4n) is 2.12. The van der Waals surface area contributed by atoms with Crippen LogP contribution in [0.25, 0.3) is 0 Å². The summed E-state index contributed by atoms with van der Waals surface area (Å²) < 4.78 is 31.9. The van der Waals surface area contributed by atoms with E-state index >= 15 is 0 Å². The summed E-state index contributed by atoms with van der Waals surface area (Å²) >= 11 is 0. The summed E-state index contributed by atoms with van der Waals surface area (Å²) in [5.74, 6) is -0.0728. The molecule has 0 unspecified atom stereocenters. The summed E-state index contributed by atoms with van der Waals surface area (Å²) in [5.41, 5.74) is 5.24. The monoisotopic (exact) mass is 351 g/mol. The quantitative estimate of drug-likeness (QED) is 0.585. The number of benzene rings is 1. The summed E-state index contributed by atoms with van der Waals surface area (Å²) in [6.45, 7) is 0.134. The average molecular weight is 352 g/mol. The number of nitrogens with two attached hydrogens (primary N) is 1. The Morgan fingerprint density at radius 2 is 2.09 bits per heavy atom. The highest BCUT2D eigenvalue weighted by atomic mass is 35.5. The zero-order valence-corrected chi connectivity index (χ0v) is 13.6. The average Bonchev–Trinajstić information content (AvgIpc) is 2.42. The van der Waals surface area contributed by atoms with Crippen LogP contribution in [0.4, 0.5) is 5.69 Å². The number of hydrogen-bond donors (Lipinski definition) is 2. The van der Waals surface area contributed by atoms with E-state index in [0.717, 1.165) is 37.5 Å². The maximum absolute atomic E-state index is 12.3. The van der Waals surface area contributed by atoms with Gasteiger partial charge in [0, 0.05) is 18.2 Å². The molecule has 0 radical (unpaired) electrons. The lowest BCUT2D eigenvalue weighted by Gasteiger charge is -2.38. The summed E-state index contributed by atoms with van der Waals surface area (Å²) in [6.07, 6.45) is 2.53. The number of ether oxygens (including phenoxy) is 1. The molecule has 0 saturated heterocycles. The SMILES string of the molecule is COc1cc([N+](=O)[O-])ccc1S(=O)(=O)NCC1(N)CCC1.Cl. The molecule has 10 heteroatoms. The summed E-state index contributed by atoms with van der Waals surface area (Å²) in [7, 11) is -2.57. The van der Waals surface area contributed by atoms with Crippen LogP contribution in [0.15, 0.2) is 23.1 Å². The van der Waals surface area contributed by atoms with Crippen molar-refractivity contribution < 1.29 is 18.1 Å². The van der Waals surface area contributed by atoms with Crippen LogP contribution in [0.1, 0.15) is 19.3 Å². The molecule has 0 heterocycles. The Morgan fingerprint density at radius 3 is 2.55 bits per heavy atom. The molecule has 2 rings (SSSR count). The highest BCUT2D eigenvalue weighted by Gasteiger charge is 2.34. The highest BCUT2D eigenvalue weighted by Crippen LogP contribution is 2.31. The first-order chi connectivity index (χ1) is 9.77. The molecule has 1 aliphatic rings. The van der Waals surface area contributed by atoms with E-state index in [1.165, 1.54) is 7.11 Å². The van der Waals surface area contributed by atoms with Crippen LogP contribution in [-0.2, 0) is 10.0 Å². The van der Waals surface area contributed by atoms with Gasteiger partial charge in [0.05, 0.1) is 18.1 Å². The first kappa shape index (κ1) is 18.6. The van der Waals surface area contributed by atoms with E-state index in [1.54, 1.807) is 0 Å². The molecule has 8 nitrogen and oxygen atoms in total. The van der Waals surface area contributed by atoms with Gasteiger partial charge in [0.1, 0.15) is 10.6 Å². The Hall–Kier alpha value is -1.42. The molecule has 0 atom stereocenters. The van der Waals surface area contributed by atoms with Gasteiger partial charge in [0.15, 0.2) is 0 Å². The largest absolute Gasteiger partial charge is 0.495 e. The topological polar surface area (TPSA) is 125 Å². The van der Waals surface area contributed by atoms with Crippen LogP contribution in [0.3, 0.4) is 0 Å². The molecule has 1 aliphatic carbocycles. The summed E-state index contributed by atoms with van der Waals surface area (Å²) in [4.78, 5) is 9.95. The van der Waals surface area contributed by atoms with Gasteiger partial charge in [-0.3, -0.25) is 10.1 Å². The minimum atomic E-state index is -3.83. The van der Waals surface area contributed by atoms with Crippen molar-refractivity contribution in [2.45, 2.75) is 29.7 Å². The zero-order valence-electron chi connectivity index (χ0n) is 11.9. The Labute approximate surface area is 134 Å². The van der Waals surface area contributed by atoms with Gasteiger partial charge in [-0.05, 0) is 25.3 Å². The molecule has 124 valence electrons. The van der Waals surface area contributed by atoms with Gasteiger partial charge < -0.3 is 10.5 Å². The molecule has 0 amide bonds. The number of non-ortho nitro benzene ring substituents is 1. The number of nitro groups is 1. The van der Waals surface area contributed by atoms with Crippen molar-refractivity contribution in [1.82, 2.24) is 4.72 Å². The maximum atomic E-state index is 12.3. The van der Waals surface area contributed by atoms with Gasteiger partial charge in [-0.15, -0.1) is 12.4 Å². The third-order valence-corrected chi connectivity index (χ3v) is 5.05. The van der Waals surface area contributed by atoms with E-state index in [1.807, 2.05) is 0 Å². The normalized spacial score (nSPS) is 16.3. The molecular formula is C12H18ClN3O5S. The van der Waals surface area contributed by atoms with Crippen molar-refractivity contribution in [2.24, 2.45) is 5.73 Å². The van der Waals surface area contributed by atoms with Crippen molar-refractivity contribution in [3.8, 4) is 5.75 Å². The van der Waals surface area contributed by atoms with Gasteiger partial charge in [-0.2, -0.15) is 0 Å². The number of halogens is 1. The fourth-order valence-corrected chi connectivity index (χ4v) is 3.40. The van der Waals surface area contributed by atoms with Crippen LogP contribution in [0.5, 0.6) is 5.75 Å². The van der Waals surface area contributed by atoms with E-state index in [4.69, 9.17) is 10.5 Å². The Kier molecular flexibility index (Phi) is 5.74. The second kappa shape index (κ2) is 6.78. The lowest BCUT2D eigenvalue weighted by molar-refractivity contribution is -0.385. The molecule has 1 aromatic carbocycles. The summed E-state index contributed by atoms with van der Waals surface area (Å²) in [6, 6.07) is 3.36. The number of sulfonamides is 1.